The fourth-order valence-electron chi connectivity index (χ4n) is 2.86. The number of carbonyl (C=O) groups excluding carboxylic acids is 2. The molecule has 0 aliphatic rings. The quantitative estimate of drug-likeness (QED) is 0.521. The number of aromatic carboxylic acids is 2. The molecule has 0 radical (unpaired) electrons. The first-order valence-corrected chi connectivity index (χ1v) is 7.31. The van der Waals surface area contributed by atoms with Gasteiger partial charge in [0.2, 0.25) is 11.8 Å². The van der Waals surface area contributed by atoms with Crippen LogP contribution in [0.25, 0.3) is 21.5 Å². The predicted octanol–water partition coefficient (Wildman–Crippen LogP) is 1.59. The van der Waals surface area contributed by atoms with Gasteiger partial charge in [-0.3, -0.25) is 9.59 Å². The minimum Gasteiger partial charge on any atom is -0.478 e. The molecule has 0 saturated carbocycles. The van der Waals surface area contributed by atoms with Crippen LogP contribution >= 0.6 is 0 Å². The Morgan fingerprint density at radius 1 is 0.538 bits per heavy atom. The second-order valence-electron chi connectivity index (χ2n) is 5.68. The van der Waals surface area contributed by atoms with Crippen molar-refractivity contribution in [3.8, 4) is 0 Å². The molecule has 8 nitrogen and oxygen atoms in total. The van der Waals surface area contributed by atoms with Crippen LogP contribution in [0.5, 0.6) is 0 Å². The van der Waals surface area contributed by atoms with E-state index in [4.69, 9.17) is 11.5 Å². The Morgan fingerprint density at radius 3 is 1.04 bits per heavy atom. The number of carboxylic acid groups (broad SMARTS) is 2. The van der Waals surface area contributed by atoms with Crippen molar-refractivity contribution in [1.29, 1.82) is 0 Å². The third-order valence-electron chi connectivity index (χ3n) is 4.06. The molecule has 3 aromatic rings. The highest BCUT2D eigenvalue weighted by atomic mass is 16.4. The normalized spacial score (nSPS) is 10.8. The fraction of sp³-hybridized carbons (Fsp3) is 0. The van der Waals surface area contributed by atoms with Gasteiger partial charge in [-0.05, 0) is 57.9 Å². The van der Waals surface area contributed by atoms with Gasteiger partial charge in [0.15, 0.2) is 0 Å². The smallest absolute Gasteiger partial charge is 0.336 e. The molecular formula is C18H12N2O6. The molecule has 0 bridgehead atoms. The third-order valence-corrected chi connectivity index (χ3v) is 4.06. The number of carbonyl (C=O) groups is 4. The van der Waals surface area contributed by atoms with Crippen LogP contribution in [0.4, 0.5) is 0 Å². The van der Waals surface area contributed by atoms with Crippen molar-refractivity contribution in [2.45, 2.75) is 0 Å². The van der Waals surface area contributed by atoms with Crippen molar-refractivity contribution >= 4 is 45.3 Å². The van der Waals surface area contributed by atoms with Crippen LogP contribution in [0.2, 0.25) is 0 Å². The summed E-state index contributed by atoms with van der Waals surface area (Å²) in [6, 6.07) is 8.43. The lowest BCUT2D eigenvalue weighted by Crippen LogP contribution is -2.20. The Balaban J connectivity index is 2.40. The van der Waals surface area contributed by atoms with Crippen LogP contribution in [-0.2, 0) is 0 Å². The highest BCUT2D eigenvalue weighted by Crippen LogP contribution is 2.28. The molecule has 0 saturated heterocycles. The van der Waals surface area contributed by atoms with E-state index in [0.717, 1.165) is 0 Å². The Morgan fingerprint density at radius 2 is 0.808 bits per heavy atom. The number of carboxylic acids is 2. The molecule has 8 heteroatoms. The van der Waals surface area contributed by atoms with Gasteiger partial charge in [-0.2, -0.15) is 0 Å². The van der Waals surface area contributed by atoms with Gasteiger partial charge in [0.1, 0.15) is 0 Å². The average Bonchev–Trinajstić information content (AvgIpc) is 2.57. The summed E-state index contributed by atoms with van der Waals surface area (Å²) in [4.78, 5) is 45.8. The summed E-state index contributed by atoms with van der Waals surface area (Å²) in [7, 11) is 0. The predicted molar refractivity (Wildman–Crippen MR) is 92.4 cm³/mol. The summed E-state index contributed by atoms with van der Waals surface area (Å²) < 4.78 is 0. The van der Waals surface area contributed by atoms with Gasteiger partial charge in [0, 0.05) is 0 Å². The summed E-state index contributed by atoms with van der Waals surface area (Å²) in [5, 5.41) is 20.4. The minimum absolute atomic E-state index is 0.0510. The molecule has 2 amide bonds. The molecule has 0 atom stereocenters. The number of fused-ring (bicyclic) bond motifs is 2. The number of rotatable bonds is 4. The molecule has 130 valence electrons. The Hall–Kier alpha value is -3.94. The first-order valence-electron chi connectivity index (χ1n) is 7.31. The van der Waals surface area contributed by atoms with Crippen LogP contribution in [0.1, 0.15) is 41.4 Å². The molecule has 0 spiro atoms. The lowest BCUT2D eigenvalue weighted by atomic mass is 9.94. The van der Waals surface area contributed by atoms with Crippen molar-refractivity contribution in [1.82, 2.24) is 0 Å². The summed E-state index contributed by atoms with van der Waals surface area (Å²) >= 11 is 0. The number of benzene rings is 3. The zero-order chi connectivity index (χ0) is 19.2. The lowest BCUT2D eigenvalue weighted by Gasteiger charge is -2.10. The number of nitrogens with two attached hydrogens (primary N) is 2. The molecule has 0 aliphatic carbocycles. The second-order valence-corrected chi connectivity index (χ2v) is 5.68. The average molecular weight is 352 g/mol. The molecule has 26 heavy (non-hydrogen) atoms. The largest absolute Gasteiger partial charge is 0.478 e. The van der Waals surface area contributed by atoms with E-state index in [1.807, 2.05) is 0 Å². The van der Waals surface area contributed by atoms with Gasteiger partial charge in [-0.15, -0.1) is 0 Å². The van der Waals surface area contributed by atoms with Gasteiger partial charge in [-0.1, -0.05) is 0 Å². The molecule has 0 fully saturated rings. The Labute approximate surface area is 145 Å². The van der Waals surface area contributed by atoms with Gasteiger partial charge >= 0.3 is 11.9 Å². The van der Waals surface area contributed by atoms with E-state index in [-0.39, 0.29) is 22.3 Å². The maximum absolute atomic E-state index is 11.6. The molecule has 3 aromatic carbocycles. The van der Waals surface area contributed by atoms with Crippen LogP contribution in [-0.4, -0.2) is 34.0 Å². The molecule has 0 unspecified atom stereocenters. The number of primary amides is 2. The Kier molecular flexibility index (Phi) is 3.80. The summed E-state index contributed by atoms with van der Waals surface area (Å²) in [6.45, 7) is 0. The van der Waals surface area contributed by atoms with Crippen LogP contribution in [0, 0.1) is 0 Å². The fourth-order valence-corrected chi connectivity index (χ4v) is 2.86. The number of hydrogen-bond acceptors (Lipinski definition) is 4. The molecule has 0 aliphatic heterocycles. The zero-order valence-electron chi connectivity index (χ0n) is 13.1. The van der Waals surface area contributed by atoms with Gasteiger partial charge < -0.3 is 21.7 Å². The van der Waals surface area contributed by atoms with Crippen molar-refractivity contribution in [2.24, 2.45) is 11.5 Å². The van der Waals surface area contributed by atoms with Gasteiger partial charge in [0.05, 0.1) is 22.3 Å². The summed E-state index contributed by atoms with van der Waals surface area (Å²) in [5.74, 6) is -4.39. The Bertz CT molecular complexity index is 973. The number of hydrogen-bond donors (Lipinski definition) is 4. The van der Waals surface area contributed by atoms with Crippen LogP contribution in [0.3, 0.4) is 0 Å². The molecule has 0 heterocycles. The highest BCUT2D eigenvalue weighted by molar-refractivity contribution is 6.13. The van der Waals surface area contributed by atoms with Crippen LogP contribution < -0.4 is 11.5 Å². The van der Waals surface area contributed by atoms with E-state index >= 15 is 0 Å². The summed E-state index contributed by atoms with van der Waals surface area (Å²) in [5.41, 5.74) is 9.76. The van der Waals surface area contributed by atoms with E-state index in [2.05, 4.69) is 0 Å². The standard InChI is InChI=1S/C18H12N2O6/c19-15(21)11-3-7-1-9-5-13(17(23)24)14(18(25)26)6-10(9)2-8(7)4-12(11)16(20)22/h1-6H,(H2,19,21)(H2,20,22)(H,23,24)(H,25,26). The van der Waals surface area contributed by atoms with Crippen molar-refractivity contribution in [3.05, 3.63) is 58.7 Å². The second kappa shape index (κ2) is 5.85. The first kappa shape index (κ1) is 16.9. The molecular weight excluding hydrogens is 340 g/mol. The van der Waals surface area contributed by atoms with Crippen molar-refractivity contribution in [2.75, 3.05) is 0 Å². The lowest BCUT2D eigenvalue weighted by molar-refractivity contribution is 0.0652. The molecule has 3 rings (SSSR count). The maximum Gasteiger partial charge on any atom is 0.336 e. The first-order chi connectivity index (χ1) is 12.2. The van der Waals surface area contributed by atoms with Gasteiger partial charge in [0.25, 0.3) is 0 Å². The van der Waals surface area contributed by atoms with Crippen LogP contribution in [0.15, 0.2) is 36.4 Å². The molecule has 0 aromatic heterocycles. The SMILES string of the molecule is NC(=O)c1cc2cc3cc(C(=O)O)c(C(=O)O)cc3cc2cc1C(N)=O. The van der Waals surface area contributed by atoms with E-state index in [1.54, 1.807) is 12.1 Å². The maximum atomic E-state index is 11.6. The highest BCUT2D eigenvalue weighted by Gasteiger charge is 2.19. The zero-order valence-corrected chi connectivity index (χ0v) is 13.1. The van der Waals surface area contributed by atoms with E-state index in [9.17, 15) is 29.4 Å². The van der Waals surface area contributed by atoms with E-state index < -0.39 is 23.8 Å². The van der Waals surface area contributed by atoms with E-state index in [0.29, 0.717) is 21.5 Å². The number of amides is 2. The monoisotopic (exact) mass is 352 g/mol. The van der Waals surface area contributed by atoms with E-state index in [1.165, 1.54) is 24.3 Å². The molecule has 6 N–H and O–H groups in total. The topological polar surface area (TPSA) is 161 Å². The third kappa shape index (κ3) is 2.69. The van der Waals surface area contributed by atoms with Crippen molar-refractivity contribution < 1.29 is 29.4 Å². The van der Waals surface area contributed by atoms with Gasteiger partial charge in [-0.25, -0.2) is 9.59 Å². The minimum atomic E-state index is -1.37. The summed E-state index contributed by atoms with van der Waals surface area (Å²) in [6.07, 6.45) is 0. The van der Waals surface area contributed by atoms with Crippen molar-refractivity contribution in [3.63, 3.8) is 0 Å².